The summed E-state index contributed by atoms with van der Waals surface area (Å²) in [5, 5.41) is 0. The fourth-order valence-corrected chi connectivity index (χ4v) is 2.56. The Balaban J connectivity index is 1.62. The van der Waals surface area contributed by atoms with E-state index < -0.39 is 11.8 Å². The van der Waals surface area contributed by atoms with Crippen molar-refractivity contribution in [3.05, 3.63) is 77.6 Å². The fourth-order valence-electron chi connectivity index (χ4n) is 2.56. The van der Waals surface area contributed by atoms with E-state index in [2.05, 4.69) is 11.6 Å². The summed E-state index contributed by atoms with van der Waals surface area (Å²) in [6.07, 6.45) is -0.230. The number of benzene rings is 2. The van der Waals surface area contributed by atoms with E-state index in [4.69, 9.17) is 14.2 Å². The lowest BCUT2D eigenvalue weighted by Crippen LogP contribution is -2.14. The Morgan fingerprint density at radius 3 is 2.74 bits per heavy atom. The molecule has 0 amide bonds. The minimum atomic E-state index is -0.559. The van der Waals surface area contributed by atoms with Gasteiger partial charge in [-0.15, -0.1) is 0 Å². The average Bonchev–Trinajstić information content (AvgIpc) is 3.16. The zero-order chi connectivity index (χ0) is 19.2. The first-order valence-corrected chi connectivity index (χ1v) is 8.56. The van der Waals surface area contributed by atoms with Crippen LogP contribution in [0.3, 0.4) is 0 Å². The summed E-state index contributed by atoms with van der Waals surface area (Å²) >= 11 is 0. The summed E-state index contributed by atoms with van der Waals surface area (Å²) in [5.74, 6) is -0.765. The first-order valence-electron chi connectivity index (χ1n) is 8.56. The molecular formula is C21H20FNO4. The van der Waals surface area contributed by atoms with Crippen LogP contribution in [0.4, 0.5) is 4.39 Å². The molecule has 0 N–H and O–H groups in total. The van der Waals surface area contributed by atoms with Crippen molar-refractivity contribution >= 4 is 11.9 Å². The van der Waals surface area contributed by atoms with Gasteiger partial charge in [-0.3, -0.25) is 0 Å². The Kier molecular flexibility index (Phi) is 5.86. The number of carbonyl (C=O) groups is 1. The lowest BCUT2D eigenvalue weighted by atomic mass is 10.1. The maximum Gasteiger partial charge on any atom is 0.333 e. The van der Waals surface area contributed by atoms with Gasteiger partial charge in [0.1, 0.15) is 19.3 Å². The molecule has 0 spiro atoms. The van der Waals surface area contributed by atoms with Crippen LogP contribution < -0.4 is 4.74 Å². The van der Waals surface area contributed by atoms with Crippen molar-refractivity contribution in [1.82, 2.24) is 0 Å². The number of nitrogens with zero attached hydrogens (tertiary/aromatic N) is 1. The zero-order valence-corrected chi connectivity index (χ0v) is 15.0. The van der Waals surface area contributed by atoms with Crippen LogP contribution in [0.25, 0.3) is 0 Å². The van der Waals surface area contributed by atoms with Gasteiger partial charge in [0.15, 0.2) is 11.6 Å². The predicted molar refractivity (Wildman–Crippen MR) is 99.3 cm³/mol. The Morgan fingerprint density at radius 1 is 1.22 bits per heavy atom. The molecule has 140 valence electrons. The van der Waals surface area contributed by atoms with Crippen LogP contribution in [0.2, 0.25) is 0 Å². The van der Waals surface area contributed by atoms with Crippen LogP contribution in [0.15, 0.2) is 65.7 Å². The predicted octanol–water partition coefficient (Wildman–Crippen LogP) is 3.84. The average molecular weight is 369 g/mol. The standard InChI is InChI=1S/C21H20FNO4/c1-14(2)21(24)26-12-11-25-17-10-6-9-16(19(17)22)20-23-13-18(27-20)15-7-4-3-5-8-15/h3-10,18H,1,11-13H2,2H3/t18-/m0/s1. The molecule has 0 radical (unpaired) electrons. The first kappa shape index (κ1) is 18.6. The van der Waals surface area contributed by atoms with Crippen LogP contribution >= 0.6 is 0 Å². The van der Waals surface area contributed by atoms with Crippen molar-refractivity contribution in [2.45, 2.75) is 13.0 Å². The number of hydrogen-bond acceptors (Lipinski definition) is 5. The molecule has 1 aliphatic heterocycles. The lowest BCUT2D eigenvalue weighted by Gasteiger charge is -2.13. The van der Waals surface area contributed by atoms with Crippen molar-refractivity contribution in [2.24, 2.45) is 4.99 Å². The second kappa shape index (κ2) is 8.49. The molecule has 0 saturated heterocycles. The third-order valence-electron chi connectivity index (χ3n) is 3.94. The number of halogens is 1. The summed E-state index contributed by atoms with van der Waals surface area (Å²) in [5.41, 5.74) is 1.53. The number of ether oxygens (including phenoxy) is 3. The molecular weight excluding hydrogens is 349 g/mol. The lowest BCUT2D eigenvalue weighted by molar-refractivity contribution is -0.139. The third kappa shape index (κ3) is 4.53. The Morgan fingerprint density at radius 2 is 2.00 bits per heavy atom. The van der Waals surface area contributed by atoms with Crippen LogP contribution in [-0.2, 0) is 14.3 Å². The number of hydrogen-bond donors (Lipinski definition) is 0. The summed E-state index contributed by atoms with van der Waals surface area (Å²) in [4.78, 5) is 15.6. The second-order valence-electron chi connectivity index (χ2n) is 6.05. The highest BCUT2D eigenvalue weighted by Gasteiger charge is 2.25. The third-order valence-corrected chi connectivity index (χ3v) is 3.94. The van der Waals surface area contributed by atoms with Crippen LogP contribution in [0.5, 0.6) is 5.75 Å². The first-order chi connectivity index (χ1) is 13.1. The number of esters is 1. The monoisotopic (exact) mass is 369 g/mol. The van der Waals surface area contributed by atoms with Gasteiger partial charge < -0.3 is 14.2 Å². The van der Waals surface area contributed by atoms with Gasteiger partial charge in [-0.2, -0.15) is 0 Å². The van der Waals surface area contributed by atoms with E-state index in [0.717, 1.165) is 5.56 Å². The van der Waals surface area contributed by atoms with Crippen molar-refractivity contribution in [1.29, 1.82) is 0 Å². The van der Waals surface area contributed by atoms with Gasteiger partial charge in [0.2, 0.25) is 5.90 Å². The van der Waals surface area contributed by atoms with Gasteiger partial charge in [0, 0.05) is 5.57 Å². The molecule has 2 aromatic rings. The van der Waals surface area contributed by atoms with Crippen molar-refractivity contribution in [2.75, 3.05) is 19.8 Å². The molecule has 0 bridgehead atoms. The summed E-state index contributed by atoms with van der Waals surface area (Å²) in [6.45, 7) is 5.50. The Hall–Kier alpha value is -3.15. The van der Waals surface area contributed by atoms with E-state index >= 15 is 0 Å². The number of rotatable bonds is 7. The Bertz CT molecular complexity index is 864. The highest BCUT2D eigenvalue weighted by Crippen LogP contribution is 2.28. The maximum atomic E-state index is 14.8. The summed E-state index contributed by atoms with van der Waals surface area (Å²) in [6, 6.07) is 14.4. The molecule has 1 aliphatic rings. The van der Waals surface area contributed by atoms with E-state index in [1.165, 1.54) is 6.07 Å². The van der Waals surface area contributed by atoms with Gasteiger partial charge in [0.25, 0.3) is 0 Å². The molecule has 0 saturated carbocycles. The molecule has 0 aliphatic carbocycles. The maximum absolute atomic E-state index is 14.8. The van der Waals surface area contributed by atoms with Crippen molar-refractivity contribution < 1.29 is 23.4 Å². The van der Waals surface area contributed by atoms with Gasteiger partial charge in [-0.05, 0) is 24.6 Å². The molecule has 1 atom stereocenters. The van der Waals surface area contributed by atoms with Crippen molar-refractivity contribution in [3.63, 3.8) is 0 Å². The van der Waals surface area contributed by atoms with Gasteiger partial charge in [-0.1, -0.05) is 43.0 Å². The van der Waals surface area contributed by atoms with Gasteiger partial charge >= 0.3 is 5.97 Å². The van der Waals surface area contributed by atoms with Crippen LogP contribution in [0.1, 0.15) is 24.2 Å². The molecule has 1 heterocycles. The molecule has 3 rings (SSSR count). The van der Waals surface area contributed by atoms with E-state index in [-0.39, 0.29) is 36.5 Å². The molecule has 0 unspecified atom stereocenters. The largest absolute Gasteiger partial charge is 0.487 e. The molecule has 0 fully saturated rings. The normalized spacial score (nSPS) is 15.6. The fraction of sp³-hybridized carbons (Fsp3) is 0.238. The zero-order valence-electron chi connectivity index (χ0n) is 15.0. The molecule has 2 aromatic carbocycles. The highest BCUT2D eigenvalue weighted by atomic mass is 19.1. The molecule has 27 heavy (non-hydrogen) atoms. The van der Waals surface area contributed by atoms with Crippen molar-refractivity contribution in [3.8, 4) is 5.75 Å². The molecule has 5 nitrogen and oxygen atoms in total. The highest BCUT2D eigenvalue weighted by molar-refractivity contribution is 5.96. The van der Waals surface area contributed by atoms with E-state index in [1.807, 2.05) is 30.3 Å². The minimum Gasteiger partial charge on any atom is -0.487 e. The number of aliphatic imine (C=N–C) groups is 1. The van der Waals surface area contributed by atoms with E-state index in [9.17, 15) is 9.18 Å². The second-order valence-corrected chi connectivity index (χ2v) is 6.05. The quantitative estimate of drug-likeness (QED) is 0.423. The van der Waals surface area contributed by atoms with Gasteiger partial charge in [0.05, 0.1) is 12.1 Å². The smallest absolute Gasteiger partial charge is 0.333 e. The summed E-state index contributed by atoms with van der Waals surface area (Å²) in [7, 11) is 0. The topological polar surface area (TPSA) is 57.1 Å². The molecule has 0 aromatic heterocycles. The molecule has 6 heteroatoms. The van der Waals surface area contributed by atoms with E-state index in [1.54, 1.807) is 19.1 Å². The Labute approximate surface area is 157 Å². The number of carbonyl (C=O) groups excluding carboxylic acids is 1. The summed E-state index contributed by atoms with van der Waals surface area (Å²) < 4.78 is 30.9. The SMILES string of the molecule is C=C(C)C(=O)OCCOc1cccc(C2=NC[C@@H](c3ccccc3)O2)c1F. The van der Waals surface area contributed by atoms with Crippen LogP contribution in [0, 0.1) is 5.82 Å². The minimum absolute atomic E-state index is 0.00287. The van der Waals surface area contributed by atoms with Crippen LogP contribution in [-0.4, -0.2) is 31.6 Å². The van der Waals surface area contributed by atoms with Gasteiger partial charge in [-0.25, -0.2) is 14.2 Å². The van der Waals surface area contributed by atoms with E-state index in [0.29, 0.717) is 12.1 Å².